The summed E-state index contributed by atoms with van der Waals surface area (Å²) in [6.07, 6.45) is 0.185. The summed E-state index contributed by atoms with van der Waals surface area (Å²) in [5.74, 6) is -1.07. The number of nitrogens with one attached hydrogen (secondary N) is 1. The summed E-state index contributed by atoms with van der Waals surface area (Å²) in [5, 5.41) is 12.2. The highest BCUT2D eigenvalue weighted by molar-refractivity contribution is 9.10. The third-order valence-corrected chi connectivity index (χ3v) is 3.87. The van der Waals surface area contributed by atoms with E-state index in [1.165, 1.54) is 0 Å². The van der Waals surface area contributed by atoms with Crippen LogP contribution in [0.2, 0.25) is 0 Å². The number of ether oxygens (including phenoxy) is 1. The fourth-order valence-electron chi connectivity index (χ4n) is 2.53. The van der Waals surface area contributed by atoms with Gasteiger partial charge in [-0.05, 0) is 56.9 Å². The van der Waals surface area contributed by atoms with Crippen molar-refractivity contribution in [2.75, 3.05) is 0 Å². The SMILES string of the molecule is CC(C)(C)OC(=O)N[C@@]1(C(=O)O)CCc2cc(Br)ccc21. The average Bonchev–Trinajstić information content (AvgIpc) is 2.66. The zero-order valence-corrected chi connectivity index (χ0v) is 13.8. The highest BCUT2D eigenvalue weighted by atomic mass is 79.9. The Bertz CT molecular complexity index is 594. The second-order valence-electron chi connectivity index (χ2n) is 6.14. The van der Waals surface area contributed by atoms with Gasteiger partial charge in [0.1, 0.15) is 5.60 Å². The van der Waals surface area contributed by atoms with Gasteiger partial charge in [-0.2, -0.15) is 0 Å². The molecule has 0 heterocycles. The number of aryl methyl sites for hydroxylation is 1. The lowest BCUT2D eigenvalue weighted by atomic mass is 9.92. The minimum Gasteiger partial charge on any atom is -0.479 e. The lowest BCUT2D eigenvalue weighted by Gasteiger charge is -2.29. The van der Waals surface area contributed by atoms with E-state index in [0.717, 1.165) is 10.0 Å². The Labute approximate surface area is 131 Å². The molecule has 0 spiro atoms. The van der Waals surface area contributed by atoms with Crippen LogP contribution in [-0.2, 0) is 21.5 Å². The Balaban J connectivity index is 2.33. The molecule has 0 fully saturated rings. The van der Waals surface area contributed by atoms with Gasteiger partial charge in [0.05, 0.1) is 0 Å². The number of carboxylic acids is 1. The van der Waals surface area contributed by atoms with Crippen molar-refractivity contribution in [1.29, 1.82) is 0 Å². The molecule has 1 atom stereocenters. The number of halogens is 1. The van der Waals surface area contributed by atoms with E-state index < -0.39 is 23.2 Å². The number of hydrogen-bond donors (Lipinski definition) is 2. The van der Waals surface area contributed by atoms with E-state index in [4.69, 9.17) is 4.74 Å². The van der Waals surface area contributed by atoms with E-state index >= 15 is 0 Å². The Morgan fingerprint density at radius 1 is 1.38 bits per heavy atom. The third kappa shape index (κ3) is 3.20. The van der Waals surface area contributed by atoms with Gasteiger partial charge < -0.3 is 15.2 Å². The quantitative estimate of drug-likeness (QED) is 0.853. The number of hydrogen-bond acceptors (Lipinski definition) is 3. The van der Waals surface area contributed by atoms with Gasteiger partial charge in [0.25, 0.3) is 0 Å². The highest BCUT2D eigenvalue weighted by Gasteiger charge is 2.47. The minimum absolute atomic E-state index is 0.313. The molecule has 0 aliphatic heterocycles. The molecular formula is C15H18BrNO4. The number of aliphatic carboxylic acids is 1. The molecule has 1 aromatic rings. The Kier molecular flexibility index (Phi) is 4.02. The average molecular weight is 356 g/mol. The third-order valence-electron chi connectivity index (χ3n) is 3.38. The van der Waals surface area contributed by atoms with Gasteiger partial charge in [0.15, 0.2) is 5.54 Å². The van der Waals surface area contributed by atoms with E-state index in [2.05, 4.69) is 21.2 Å². The predicted octanol–water partition coefficient (Wildman–Crippen LogP) is 3.20. The summed E-state index contributed by atoms with van der Waals surface area (Å²) < 4.78 is 6.08. The summed E-state index contributed by atoms with van der Waals surface area (Å²) in [6.45, 7) is 5.21. The van der Waals surface area contributed by atoms with Crippen LogP contribution in [0.4, 0.5) is 4.79 Å². The number of benzene rings is 1. The van der Waals surface area contributed by atoms with E-state index in [1.807, 2.05) is 6.07 Å². The summed E-state index contributed by atoms with van der Waals surface area (Å²) in [6, 6.07) is 5.40. The molecule has 2 rings (SSSR count). The molecule has 1 aromatic carbocycles. The van der Waals surface area contributed by atoms with Crippen LogP contribution in [0.25, 0.3) is 0 Å². The standard InChI is InChI=1S/C15H18BrNO4/c1-14(2,3)21-13(20)17-15(12(18)19)7-6-9-8-10(16)4-5-11(9)15/h4-5,8H,6-7H2,1-3H3,(H,17,20)(H,18,19)/t15-/m0/s1. The van der Waals surface area contributed by atoms with E-state index in [9.17, 15) is 14.7 Å². The number of amides is 1. The number of carboxylic acid groups (broad SMARTS) is 1. The van der Waals surface area contributed by atoms with Crippen molar-refractivity contribution in [2.24, 2.45) is 0 Å². The maximum Gasteiger partial charge on any atom is 0.408 e. The minimum atomic E-state index is -1.42. The van der Waals surface area contributed by atoms with Gasteiger partial charge in [-0.3, -0.25) is 0 Å². The van der Waals surface area contributed by atoms with Crippen molar-refractivity contribution in [3.63, 3.8) is 0 Å². The molecule has 21 heavy (non-hydrogen) atoms. The smallest absolute Gasteiger partial charge is 0.408 e. The highest BCUT2D eigenvalue weighted by Crippen LogP contribution is 2.38. The first-order valence-electron chi connectivity index (χ1n) is 6.67. The number of carbonyl (C=O) groups excluding carboxylic acids is 1. The van der Waals surface area contributed by atoms with Crippen LogP contribution in [0.1, 0.15) is 38.3 Å². The van der Waals surface area contributed by atoms with E-state index in [0.29, 0.717) is 18.4 Å². The monoisotopic (exact) mass is 355 g/mol. The van der Waals surface area contributed by atoms with Crippen LogP contribution in [0, 0.1) is 0 Å². The lowest BCUT2D eigenvalue weighted by molar-refractivity contribution is -0.145. The summed E-state index contributed by atoms with van der Waals surface area (Å²) >= 11 is 3.37. The van der Waals surface area contributed by atoms with Gasteiger partial charge in [0, 0.05) is 4.47 Å². The first-order chi connectivity index (χ1) is 9.64. The van der Waals surface area contributed by atoms with Crippen molar-refractivity contribution in [2.45, 2.75) is 44.8 Å². The van der Waals surface area contributed by atoms with Crippen molar-refractivity contribution in [3.05, 3.63) is 33.8 Å². The van der Waals surface area contributed by atoms with E-state index in [1.54, 1.807) is 32.9 Å². The van der Waals surface area contributed by atoms with Crippen LogP contribution in [0.5, 0.6) is 0 Å². The normalized spacial score (nSPS) is 20.8. The first kappa shape index (κ1) is 15.8. The van der Waals surface area contributed by atoms with Crippen molar-refractivity contribution >= 4 is 28.0 Å². The largest absolute Gasteiger partial charge is 0.479 e. The van der Waals surface area contributed by atoms with Gasteiger partial charge >= 0.3 is 12.1 Å². The van der Waals surface area contributed by atoms with Crippen molar-refractivity contribution in [1.82, 2.24) is 5.32 Å². The lowest BCUT2D eigenvalue weighted by Crippen LogP contribution is -2.51. The number of carbonyl (C=O) groups is 2. The second-order valence-corrected chi connectivity index (χ2v) is 7.05. The molecular weight excluding hydrogens is 338 g/mol. The molecule has 0 radical (unpaired) electrons. The molecule has 0 unspecified atom stereocenters. The Morgan fingerprint density at radius 3 is 2.62 bits per heavy atom. The Morgan fingerprint density at radius 2 is 2.05 bits per heavy atom. The molecule has 114 valence electrons. The fourth-order valence-corrected chi connectivity index (χ4v) is 2.93. The molecule has 1 aliphatic carbocycles. The van der Waals surface area contributed by atoms with Crippen LogP contribution in [-0.4, -0.2) is 22.8 Å². The summed E-state index contributed by atoms with van der Waals surface area (Å²) in [4.78, 5) is 23.8. The second kappa shape index (κ2) is 5.33. The van der Waals surface area contributed by atoms with Crippen LogP contribution in [0.15, 0.2) is 22.7 Å². The van der Waals surface area contributed by atoms with Gasteiger partial charge in [-0.1, -0.05) is 22.0 Å². The zero-order chi connectivity index (χ0) is 15.8. The number of alkyl carbamates (subject to hydrolysis) is 1. The molecule has 0 bridgehead atoms. The van der Waals surface area contributed by atoms with Crippen LogP contribution in [0.3, 0.4) is 0 Å². The number of rotatable bonds is 2. The maximum atomic E-state index is 12.0. The predicted molar refractivity (Wildman–Crippen MR) is 81.1 cm³/mol. The summed E-state index contributed by atoms with van der Waals surface area (Å²) in [5.41, 5.74) is -0.560. The Hall–Kier alpha value is -1.56. The molecule has 5 nitrogen and oxygen atoms in total. The molecule has 0 aromatic heterocycles. The molecule has 1 aliphatic rings. The molecule has 6 heteroatoms. The van der Waals surface area contributed by atoms with Crippen LogP contribution >= 0.6 is 15.9 Å². The molecule has 1 amide bonds. The summed E-state index contributed by atoms with van der Waals surface area (Å²) in [7, 11) is 0. The van der Waals surface area contributed by atoms with Gasteiger partial charge in [-0.25, -0.2) is 9.59 Å². The van der Waals surface area contributed by atoms with Crippen LogP contribution < -0.4 is 5.32 Å². The first-order valence-corrected chi connectivity index (χ1v) is 7.47. The molecule has 0 saturated carbocycles. The zero-order valence-electron chi connectivity index (χ0n) is 12.2. The molecule has 2 N–H and O–H groups in total. The number of fused-ring (bicyclic) bond motifs is 1. The van der Waals surface area contributed by atoms with Gasteiger partial charge in [-0.15, -0.1) is 0 Å². The van der Waals surface area contributed by atoms with Crippen molar-refractivity contribution in [3.8, 4) is 0 Å². The fraction of sp³-hybridized carbons (Fsp3) is 0.467. The topological polar surface area (TPSA) is 75.6 Å². The molecule has 0 saturated heterocycles. The van der Waals surface area contributed by atoms with E-state index in [-0.39, 0.29) is 0 Å². The van der Waals surface area contributed by atoms with Crippen molar-refractivity contribution < 1.29 is 19.4 Å². The maximum absolute atomic E-state index is 12.0. The van der Waals surface area contributed by atoms with Gasteiger partial charge in [0.2, 0.25) is 0 Å².